The van der Waals surface area contributed by atoms with E-state index in [1.54, 1.807) is 76.9 Å². The first kappa shape index (κ1) is 94.3. The number of fused-ring (bicyclic) bond motifs is 4. The molecule has 1 fully saturated rings. The molecule has 1 saturated heterocycles. The maximum absolute atomic E-state index is 14.6. The Hall–Kier alpha value is -9.58. The van der Waals surface area contributed by atoms with Gasteiger partial charge in [-0.3, -0.25) is 38.7 Å². The molecule has 8 atom stereocenters. The number of nitrogens with zero attached hydrogens (tertiary/aromatic N) is 5. The molecule has 0 aromatic heterocycles. The fourth-order valence-corrected chi connectivity index (χ4v) is 14.6. The molecule has 2 aromatic rings. The van der Waals surface area contributed by atoms with Crippen molar-refractivity contribution in [2.45, 2.75) is 148 Å². The molecule has 7 N–H and O–H groups in total. The van der Waals surface area contributed by atoms with Crippen molar-refractivity contribution in [3.63, 3.8) is 0 Å². The number of ether oxygens (including phenoxy) is 14. The summed E-state index contributed by atoms with van der Waals surface area (Å²) in [5.41, 5.74) is 8.53. The monoisotopic (exact) mass is 1670 g/mol. The third-order valence-corrected chi connectivity index (χ3v) is 21.3. The van der Waals surface area contributed by atoms with Crippen molar-refractivity contribution in [3.05, 3.63) is 143 Å². The van der Waals surface area contributed by atoms with E-state index in [1.807, 2.05) is 62.1 Å². The number of allylic oxidation sites excluding steroid dienone is 9. The highest BCUT2D eigenvalue weighted by molar-refractivity contribution is 6.07. The molecule has 7 amide bonds. The summed E-state index contributed by atoms with van der Waals surface area (Å²) in [7, 11) is 4.60. The van der Waals surface area contributed by atoms with E-state index in [1.165, 1.54) is 43.1 Å². The second-order valence-electron chi connectivity index (χ2n) is 31.3. The SMILES string of the molecule is C=C(CCN1C(=O)C(/C2=C/C=C\C=C/C=C\C2)CC1OC)NCCOCCOCCOCCOCCOCCOCCOCCOCCC(=O)N[C@H](C(=O)N[C@@H](C)C(=O)NC1=CCC(C)(COC(=O)N2c3cc(OCCCCCOc4cc5c(cc4OC)C(=O)N4C=C(C)C[C@@]4(N)C=N5)c(OC)cc3C(=O)N3C=C(C)C[C@@]3(C)[C@@H]2O)C=C1)C(C)C. The summed E-state index contributed by atoms with van der Waals surface area (Å²) in [6.45, 7) is 24.1. The van der Waals surface area contributed by atoms with Crippen LogP contribution in [-0.4, -0.2) is 263 Å². The number of carbonyl (C=O) groups is 7. The lowest BCUT2D eigenvalue weighted by Crippen LogP contribution is -2.58. The quantitative estimate of drug-likeness (QED) is 0.0337. The summed E-state index contributed by atoms with van der Waals surface area (Å²) in [6.07, 6.45) is 26.4. The first-order chi connectivity index (χ1) is 57.8. The highest BCUT2D eigenvalue weighted by Crippen LogP contribution is 2.47. The van der Waals surface area contributed by atoms with Crippen molar-refractivity contribution in [2.24, 2.45) is 28.0 Å². The Morgan fingerprint density at radius 1 is 0.658 bits per heavy atom. The van der Waals surface area contributed by atoms with Crippen LogP contribution in [0.5, 0.6) is 23.0 Å². The van der Waals surface area contributed by atoms with E-state index in [-0.39, 0.29) is 98.5 Å². The van der Waals surface area contributed by atoms with Gasteiger partial charge in [-0.25, -0.2) is 9.69 Å². The van der Waals surface area contributed by atoms with Gasteiger partial charge in [0.25, 0.3) is 11.8 Å². The van der Waals surface area contributed by atoms with Crippen LogP contribution < -0.4 is 50.8 Å². The minimum atomic E-state index is -1.58. The molecule has 658 valence electrons. The minimum absolute atomic E-state index is 0.00830. The van der Waals surface area contributed by atoms with Crippen LogP contribution in [0.3, 0.4) is 0 Å². The number of methoxy groups -OCH3 is 3. The van der Waals surface area contributed by atoms with Gasteiger partial charge in [0.1, 0.15) is 30.6 Å². The molecular weight excluding hydrogens is 1550 g/mol. The molecule has 0 bridgehead atoms. The normalized spacial score (nSPS) is 22.8. The first-order valence-corrected chi connectivity index (χ1v) is 41.4. The lowest BCUT2D eigenvalue weighted by molar-refractivity contribution is -0.136. The van der Waals surface area contributed by atoms with Gasteiger partial charge >= 0.3 is 6.09 Å². The maximum atomic E-state index is 14.6. The molecule has 2 aliphatic carbocycles. The number of aliphatic hydroxyl groups is 1. The van der Waals surface area contributed by atoms with Crippen molar-refractivity contribution in [1.82, 2.24) is 36.0 Å². The number of nitrogens with two attached hydrogens (primary N) is 1. The zero-order valence-electron chi connectivity index (χ0n) is 71.2. The Morgan fingerprint density at radius 2 is 1.23 bits per heavy atom. The Morgan fingerprint density at radius 3 is 1.82 bits per heavy atom. The smallest absolute Gasteiger partial charge is 0.416 e. The number of likely N-dealkylation sites (tertiary alicyclic amines) is 1. The van der Waals surface area contributed by atoms with Crippen LogP contribution in [-0.2, 0) is 66.5 Å². The van der Waals surface area contributed by atoms with Gasteiger partial charge in [-0.05, 0) is 90.3 Å². The average molecular weight is 1670 g/mol. The van der Waals surface area contributed by atoms with Crippen molar-refractivity contribution in [1.29, 1.82) is 0 Å². The number of aliphatic hydroxyl groups excluding tert-OH is 1. The predicted octanol–water partition coefficient (Wildman–Crippen LogP) is 8.68. The Bertz CT molecular complexity index is 4140. The number of anilines is 1. The fraction of sp³-hybridized carbons (Fsp3) is 0.568. The van der Waals surface area contributed by atoms with Crippen LogP contribution >= 0.6 is 0 Å². The second-order valence-corrected chi connectivity index (χ2v) is 31.3. The van der Waals surface area contributed by atoms with Gasteiger partial charge in [-0.15, -0.1) is 0 Å². The molecule has 9 rings (SSSR count). The molecule has 0 radical (unpaired) electrons. The third kappa shape index (κ3) is 26.7. The molecule has 2 aromatic carbocycles. The summed E-state index contributed by atoms with van der Waals surface area (Å²) in [4.78, 5) is 107. The van der Waals surface area contributed by atoms with Gasteiger partial charge in [0.05, 0.1) is 167 Å². The number of benzene rings is 2. The molecule has 32 nitrogen and oxygen atoms in total. The third-order valence-electron chi connectivity index (χ3n) is 21.3. The number of nitrogens with one attached hydrogen (secondary N) is 4. The maximum Gasteiger partial charge on any atom is 0.416 e. The Labute approximate surface area is 704 Å². The van der Waals surface area contributed by atoms with Gasteiger partial charge in [-0.2, -0.15) is 0 Å². The summed E-state index contributed by atoms with van der Waals surface area (Å²) in [5, 5.41) is 23.9. The Kier molecular flexibility index (Phi) is 36.9. The predicted molar refractivity (Wildman–Crippen MR) is 449 cm³/mol. The molecule has 5 aliphatic heterocycles. The van der Waals surface area contributed by atoms with Gasteiger partial charge in [0, 0.05) is 93.4 Å². The zero-order chi connectivity index (χ0) is 86.2. The van der Waals surface area contributed by atoms with Crippen molar-refractivity contribution in [3.8, 4) is 23.0 Å². The van der Waals surface area contributed by atoms with E-state index < -0.39 is 64.7 Å². The molecule has 0 saturated carbocycles. The molecular formula is C88H124N10O22. The molecule has 5 heterocycles. The highest BCUT2D eigenvalue weighted by atomic mass is 16.6. The van der Waals surface area contributed by atoms with E-state index in [2.05, 4.69) is 38.9 Å². The molecule has 7 aliphatic rings. The fourth-order valence-electron chi connectivity index (χ4n) is 14.6. The molecule has 32 heteroatoms. The number of hydrogen-bond acceptors (Lipinski definition) is 25. The summed E-state index contributed by atoms with van der Waals surface area (Å²) >= 11 is 0. The number of aliphatic imine (C=N–C) groups is 1. The van der Waals surface area contributed by atoms with Crippen LogP contribution in [0.15, 0.2) is 137 Å². The van der Waals surface area contributed by atoms with Gasteiger partial charge in [0.2, 0.25) is 23.6 Å². The second kappa shape index (κ2) is 47.0. The number of amides is 7. The lowest BCUT2D eigenvalue weighted by atomic mass is 9.84. The van der Waals surface area contributed by atoms with Crippen LogP contribution in [0.4, 0.5) is 16.2 Å². The summed E-state index contributed by atoms with van der Waals surface area (Å²) in [6, 6.07) is 4.37. The lowest BCUT2D eigenvalue weighted by Gasteiger charge is -2.40. The highest BCUT2D eigenvalue weighted by Gasteiger charge is 2.53. The van der Waals surface area contributed by atoms with E-state index in [9.17, 15) is 38.7 Å². The number of rotatable bonds is 51. The van der Waals surface area contributed by atoms with Crippen molar-refractivity contribution in [2.75, 3.05) is 165 Å². The molecule has 120 heavy (non-hydrogen) atoms. The standard InChI is InChI=1S/C88H124N10O22/c1-60(2)78(94-76(99)26-33-110-35-37-112-39-41-114-43-45-116-47-48-117-46-44-115-42-40-113-38-36-111-34-29-90-63(5)25-30-95-77(109-11)51-67(81(95)102)65-21-17-14-12-13-15-18-22-65)80(101)92-64(6)79(100)93-66-23-27-86(7,28-24-66)59-120-85(106)98-71-53-75(73(108-10)50-69(71)83(104)96-56-61(3)54-87(96,8)84(98)105)119-32-20-16-19-31-118-74-52-70-68(49-72(74)107-9)82(103)97-57-62(4)55-88(97,89)58-91-70/h12-15,17-18,21,23-24,27,49-50,52-53,56-58,60,64,67,77-78,84,90,105H,5,16,19-20,22,25-26,28-48,51,54-55,59,89H2,1-4,6-11H3,(H,92,101)(H,93,100)(H,94,99)/b13-12-,17-14-,18-15-,65-21+/t64-,67?,77?,78-,84-,86?,87-,88-/m0/s1. The Balaban J connectivity index is 0.577. The van der Waals surface area contributed by atoms with Crippen molar-refractivity contribution < 1.29 is 105 Å². The topological polar surface area (TPSA) is 368 Å². The largest absolute Gasteiger partial charge is 0.493 e. The molecule has 0 spiro atoms. The van der Waals surface area contributed by atoms with Crippen LogP contribution in [0, 0.1) is 17.3 Å². The average Bonchev–Trinajstić information content (AvgIpc) is 1.58. The molecule has 3 unspecified atom stereocenters. The summed E-state index contributed by atoms with van der Waals surface area (Å²) in [5.74, 6) is -1.36. The number of unbranched alkanes of at least 4 members (excludes halogenated alkanes) is 2. The number of carbonyl (C=O) groups excluding carboxylic acids is 7. The zero-order valence-corrected chi connectivity index (χ0v) is 71.2. The van der Waals surface area contributed by atoms with Gasteiger partial charge in [-0.1, -0.05) is 98.8 Å². The van der Waals surface area contributed by atoms with Gasteiger partial charge < -0.3 is 108 Å². The minimum Gasteiger partial charge on any atom is -0.493 e. The van der Waals surface area contributed by atoms with Crippen LogP contribution in [0.2, 0.25) is 0 Å². The summed E-state index contributed by atoms with van der Waals surface area (Å²) < 4.78 is 80.4. The van der Waals surface area contributed by atoms with E-state index in [4.69, 9.17) is 72.0 Å². The van der Waals surface area contributed by atoms with Crippen molar-refractivity contribution >= 4 is 59.1 Å². The van der Waals surface area contributed by atoms with Crippen LogP contribution in [0.25, 0.3) is 0 Å². The van der Waals surface area contributed by atoms with Gasteiger partial charge in [0.15, 0.2) is 29.2 Å². The van der Waals surface area contributed by atoms with E-state index in [0.717, 1.165) is 33.7 Å². The van der Waals surface area contributed by atoms with E-state index >= 15 is 0 Å². The number of hydrogen-bond donors (Lipinski definition) is 6. The van der Waals surface area contributed by atoms with Crippen LogP contribution in [0.1, 0.15) is 133 Å². The van der Waals surface area contributed by atoms with E-state index in [0.29, 0.717) is 179 Å². The first-order valence-electron chi connectivity index (χ1n) is 41.4.